The van der Waals surface area contributed by atoms with Gasteiger partial charge in [-0.1, -0.05) is 12.8 Å². The van der Waals surface area contributed by atoms with Crippen LogP contribution >= 0.6 is 0 Å². The molecule has 0 spiro atoms. The maximum Gasteiger partial charge on any atom is 0.300 e. The topological polar surface area (TPSA) is 227 Å². The Bertz CT molecular complexity index is 336. The van der Waals surface area contributed by atoms with Crippen LogP contribution in [0.15, 0.2) is 0 Å². The predicted octanol–water partition coefficient (Wildman–Crippen LogP) is -0.135. The Kier molecular flexibility index (Phi) is 22.2. The van der Waals surface area contributed by atoms with Crippen LogP contribution in [-0.4, -0.2) is 56.0 Å². The smallest absolute Gasteiger partial charge is 0.300 e. The molecule has 1 atom stereocenters. The summed E-state index contributed by atoms with van der Waals surface area (Å²) in [6.07, 6.45) is 4.15. The van der Waals surface area contributed by atoms with E-state index in [1.807, 2.05) is 0 Å². The molecule has 0 saturated heterocycles. The van der Waals surface area contributed by atoms with Crippen molar-refractivity contribution in [1.29, 1.82) is 0 Å². The van der Waals surface area contributed by atoms with E-state index < -0.39 is 29.5 Å². The second-order valence-corrected chi connectivity index (χ2v) is 5.04. The summed E-state index contributed by atoms with van der Waals surface area (Å²) in [4.78, 5) is 36.0. The second-order valence-electron chi connectivity index (χ2n) is 5.04. The zero-order chi connectivity index (χ0) is 21.2. The van der Waals surface area contributed by atoms with Crippen molar-refractivity contribution < 1.29 is 39.6 Å². The molecule has 25 heavy (non-hydrogen) atoms. The van der Waals surface area contributed by atoms with Crippen LogP contribution in [0, 0.1) is 0 Å². The normalized spacial score (nSPS) is 16.4. The van der Waals surface area contributed by atoms with Gasteiger partial charge >= 0.3 is 0 Å². The van der Waals surface area contributed by atoms with Crippen molar-refractivity contribution >= 4 is 23.9 Å². The summed E-state index contributed by atoms with van der Waals surface area (Å²) in [5, 5.41) is 29.7. The van der Waals surface area contributed by atoms with E-state index >= 15 is 0 Å². The molecule has 1 fully saturated rings. The predicted molar refractivity (Wildman–Crippen MR) is 90.8 cm³/mol. The zero-order valence-corrected chi connectivity index (χ0v) is 15.1. The molecule has 0 bridgehead atoms. The molecule has 0 heterocycles. The molecule has 0 aromatic carbocycles. The Hall–Kier alpha value is -2.24. The van der Waals surface area contributed by atoms with Crippen LogP contribution in [0.5, 0.6) is 0 Å². The molecule has 1 rings (SSSR count). The molecule has 1 aliphatic carbocycles. The van der Waals surface area contributed by atoms with Gasteiger partial charge < -0.3 is 37.6 Å². The van der Waals surface area contributed by atoms with Crippen molar-refractivity contribution in [1.82, 2.24) is 0 Å². The first kappa shape index (κ1) is 30.6. The van der Waals surface area contributed by atoms with Crippen LogP contribution in [0.3, 0.4) is 0 Å². The largest absolute Gasteiger partial charge is 0.481 e. The highest BCUT2D eigenvalue weighted by Crippen LogP contribution is 2.19. The molecule has 0 aromatic heterocycles. The number of carbonyl (C=O) groups is 4. The summed E-state index contributed by atoms with van der Waals surface area (Å²) in [6.45, 7) is 4.33. The zero-order valence-electron chi connectivity index (χ0n) is 15.1. The molecule has 11 heteroatoms. The lowest BCUT2D eigenvalue weighted by Gasteiger charge is -2.35. The van der Waals surface area contributed by atoms with Crippen molar-refractivity contribution in [2.75, 3.05) is 0 Å². The molecular weight excluding hydrogens is 338 g/mol. The van der Waals surface area contributed by atoms with Crippen molar-refractivity contribution in [3.05, 3.63) is 0 Å². The standard InChI is InChI=1S/C6H15N3.4C2H4O2/c7-5-3-1-2-4-6(5,8)9;4*1-2(3)4/h5H,1-4,7-9H2;4*1H3,(H,3,4). The van der Waals surface area contributed by atoms with Gasteiger partial charge in [0.05, 0.1) is 5.66 Å². The molecule has 0 radical (unpaired) electrons. The van der Waals surface area contributed by atoms with E-state index in [1.54, 1.807) is 0 Å². The van der Waals surface area contributed by atoms with Crippen molar-refractivity contribution in [3.8, 4) is 0 Å². The van der Waals surface area contributed by atoms with E-state index in [4.69, 9.17) is 56.8 Å². The molecule has 1 aliphatic rings. The van der Waals surface area contributed by atoms with E-state index in [0.29, 0.717) is 0 Å². The highest BCUT2D eigenvalue weighted by atomic mass is 16.4. The van der Waals surface area contributed by atoms with Crippen LogP contribution in [0.4, 0.5) is 0 Å². The van der Waals surface area contributed by atoms with Gasteiger partial charge in [-0.3, -0.25) is 19.2 Å². The number of rotatable bonds is 0. The number of nitrogens with two attached hydrogens (primary N) is 3. The maximum absolute atomic E-state index is 9.00. The van der Waals surface area contributed by atoms with Crippen LogP contribution < -0.4 is 17.2 Å². The Morgan fingerprint density at radius 2 is 1.00 bits per heavy atom. The summed E-state index contributed by atoms with van der Waals surface area (Å²) in [7, 11) is 0. The summed E-state index contributed by atoms with van der Waals surface area (Å²) in [5.74, 6) is -3.33. The Balaban J connectivity index is -0.000000119. The fraction of sp³-hybridized carbons (Fsp3) is 0.714. The van der Waals surface area contributed by atoms with Crippen LogP contribution in [0.2, 0.25) is 0 Å². The average molecular weight is 369 g/mol. The lowest BCUT2D eigenvalue weighted by molar-refractivity contribution is -0.135. The van der Waals surface area contributed by atoms with E-state index in [9.17, 15) is 0 Å². The van der Waals surface area contributed by atoms with E-state index in [2.05, 4.69) is 0 Å². The van der Waals surface area contributed by atoms with Crippen LogP contribution in [-0.2, 0) is 19.2 Å². The molecule has 1 unspecified atom stereocenters. The third kappa shape index (κ3) is 61.4. The van der Waals surface area contributed by atoms with Gasteiger partial charge in [0.1, 0.15) is 0 Å². The quantitative estimate of drug-likeness (QED) is 0.278. The molecular formula is C14H31N3O8. The Morgan fingerprint density at radius 1 is 0.760 bits per heavy atom. The molecule has 11 nitrogen and oxygen atoms in total. The monoisotopic (exact) mass is 369 g/mol. The molecule has 150 valence electrons. The fourth-order valence-corrected chi connectivity index (χ4v) is 1.25. The molecule has 0 aliphatic heterocycles. The first-order valence-electron chi connectivity index (χ1n) is 7.17. The van der Waals surface area contributed by atoms with E-state index in [-0.39, 0.29) is 6.04 Å². The van der Waals surface area contributed by atoms with Crippen LogP contribution in [0.25, 0.3) is 0 Å². The summed E-state index contributed by atoms with van der Waals surface area (Å²) < 4.78 is 0. The third-order valence-electron chi connectivity index (χ3n) is 2.07. The van der Waals surface area contributed by atoms with Crippen molar-refractivity contribution in [2.45, 2.75) is 65.1 Å². The third-order valence-corrected chi connectivity index (χ3v) is 2.07. The van der Waals surface area contributed by atoms with Crippen LogP contribution in [0.1, 0.15) is 53.4 Å². The van der Waals surface area contributed by atoms with E-state index in [1.165, 1.54) is 6.42 Å². The number of hydrogen-bond donors (Lipinski definition) is 7. The first-order valence-corrected chi connectivity index (χ1v) is 7.17. The lowest BCUT2D eigenvalue weighted by atomic mass is 9.86. The SMILES string of the molecule is CC(=O)O.CC(=O)O.CC(=O)O.CC(=O)O.NC1CCCCC1(N)N. The molecule has 1 saturated carbocycles. The highest BCUT2D eigenvalue weighted by molar-refractivity contribution is 5.63. The Labute approximate surface area is 146 Å². The van der Waals surface area contributed by atoms with Gasteiger partial charge in [0.2, 0.25) is 0 Å². The summed E-state index contributed by atoms with van der Waals surface area (Å²) in [5.41, 5.74) is 16.4. The van der Waals surface area contributed by atoms with Crippen molar-refractivity contribution in [2.24, 2.45) is 17.2 Å². The fourth-order valence-electron chi connectivity index (χ4n) is 1.25. The Morgan fingerprint density at radius 3 is 1.12 bits per heavy atom. The molecule has 10 N–H and O–H groups in total. The number of carboxylic acid groups (broad SMARTS) is 4. The average Bonchev–Trinajstić information content (AvgIpc) is 2.30. The van der Waals surface area contributed by atoms with Gasteiger partial charge in [-0.2, -0.15) is 0 Å². The molecule has 0 amide bonds. The number of carboxylic acids is 4. The van der Waals surface area contributed by atoms with Gasteiger partial charge in [0, 0.05) is 33.7 Å². The minimum atomic E-state index is -0.833. The highest BCUT2D eigenvalue weighted by Gasteiger charge is 2.30. The molecule has 0 aromatic rings. The van der Waals surface area contributed by atoms with Gasteiger partial charge in [-0.25, -0.2) is 0 Å². The first-order chi connectivity index (χ1) is 11.1. The minimum Gasteiger partial charge on any atom is -0.481 e. The van der Waals surface area contributed by atoms with E-state index in [0.717, 1.165) is 47.0 Å². The van der Waals surface area contributed by atoms with Crippen molar-refractivity contribution in [3.63, 3.8) is 0 Å². The summed E-state index contributed by atoms with van der Waals surface area (Å²) >= 11 is 0. The minimum absolute atomic E-state index is 0.00579. The van der Waals surface area contributed by atoms with Gasteiger partial charge in [-0.05, 0) is 12.8 Å². The van der Waals surface area contributed by atoms with Gasteiger partial charge in [-0.15, -0.1) is 0 Å². The van der Waals surface area contributed by atoms with Gasteiger partial charge in [0.25, 0.3) is 23.9 Å². The van der Waals surface area contributed by atoms with Gasteiger partial charge in [0.15, 0.2) is 0 Å². The maximum atomic E-state index is 9.00. The second kappa shape index (κ2) is 18.1. The number of hydrogen-bond acceptors (Lipinski definition) is 7. The number of aliphatic carboxylic acids is 4. The lowest BCUT2D eigenvalue weighted by Crippen LogP contribution is -2.63. The summed E-state index contributed by atoms with van der Waals surface area (Å²) in [6, 6.07) is 0.00579.